The number of nitrogens with zero attached hydrogens (tertiary/aromatic N) is 2. The Kier molecular flexibility index (Phi) is 4.69. The van der Waals surface area contributed by atoms with Gasteiger partial charge in [0.25, 0.3) is 5.56 Å². The first-order chi connectivity index (χ1) is 13.5. The van der Waals surface area contributed by atoms with Crippen LogP contribution in [0, 0.1) is 5.92 Å². The number of hydrogen-bond acceptors (Lipinski definition) is 3. The Balaban J connectivity index is 1.68. The summed E-state index contributed by atoms with van der Waals surface area (Å²) in [5.41, 5.74) is 2.20. The van der Waals surface area contributed by atoms with Gasteiger partial charge in [0.2, 0.25) is 5.91 Å². The van der Waals surface area contributed by atoms with E-state index in [0.29, 0.717) is 17.6 Å². The number of aromatic amines is 1. The summed E-state index contributed by atoms with van der Waals surface area (Å²) in [6.07, 6.45) is 1.94. The predicted octanol–water partition coefficient (Wildman–Crippen LogP) is 3.72. The molecule has 2 aromatic carbocycles. The average Bonchev–Trinajstić information content (AvgIpc) is 3.15. The van der Waals surface area contributed by atoms with Gasteiger partial charge in [0, 0.05) is 29.0 Å². The first-order valence-electron chi connectivity index (χ1n) is 9.37. The summed E-state index contributed by atoms with van der Waals surface area (Å²) in [7, 11) is 0. The lowest BCUT2D eigenvalue weighted by Gasteiger charge is -2.13. The highest BCUT2D eigenvalue weighted by Gasteiger charge is 2.15. The fourth-order valence-corrected chi connectivity index (χ4v) is 3.45. The average molecular weight is 374 g/mol. The Labute approximate surface area is 162 Å². The fourth-order valence-electron chi connectivity index (χ4n) is 3.45. The number of amides is 1. The molecule has 0 aliphatic heterocycles. The van der Waals surface area contributed by atoms with E-state index in [0.717, 1.165) is 22.0 Å². The SMILES string of the molecule is CC(C)Cn1nc(CC(=O)Nc2cccc3[nH]ccc23)c2ccccc2c1=O. The minimum absolute atomic E-state index is 0.0969. The monoisotopic (exact) mass is 374 g/mol. The number of rotatable bonds is 5. The lowest BCUT2D eigenvalue weighted by atomic mass is 10.1. The molecule has 6 heteroatoms. The summed E-state index contributed by atoms with van der Waals surface area (Å²) in [6, 6.07) is 15.0. The van der Waals surface area contributed by atoms with E-state index in [1.165, 1.54) is 4.68 Å². The van der Waals surface area contributed by atoms with Crippen molar-refractivity contribution in [3.63, 3.8) is 0 Å². The van der Waals surface area contributed by atoms with Gasteiger partial charge in [-0.05, 0) is 30.2 Å². The fraction of sp³-hybridized carbons (Fsp3) is 0.227. The van der Waals surface area contributed by atoms with Gasteiger partial charge in [-0.25, -0.2) is 4.68 Å². The molecule has 0 bridgehead atoms. The molecular weight excluding hydrogens is 352 g/mol. The number of nitrogens with one attached hydrogen (secondary N) is 2. The molecule has 142 valence electrons. The highest BCUT2D eigenvalue weighted by Crippen LogP contribution is 2.22. The van der Waals surface area contributed by atoms with Gasteiger partial charge < -0.3 is 10.3 Å². The van der Waals surface area contributed by atoms with E-state index in [2.05, 4.69) is 15.4 Å². The number of carbonyl (C=O) groups is 1. The summed E-state index contributed by atoms with van der Waals surface area (Å²) in [5.74, 6) is 0.111. The molecule has 0 atom stereocenters. The Morgan fingerprint density at radius 3 is 2.64 bits per heavy atom. The third-order valence-corrected chi connectivity index (χ3v) is 4.68. The summed E-state index contributed by atoms with van der Waals surface area (Å²) in [6.45, 7) is 4.58. The largest absolute Gasteiger partial charge is 0.361 e. The molecule has 0 saturated heterocycles. The number of H-pyrrole nitrogens is 1. The second kappa shape index (κ2) is 7.31. The molecule has 4 aromatic rings. The van der Waals surface area contributed by atoms with Crippen LogP contribution in [0.2, 0.25) is 0 Å². The Morgan fingerprint density at radius 1 is 1.07 bits per heavy atom. The molecular formula is C22H22N4O2. The number of hydrogen-bond donors (Lipinski definition) is 2. The van der Waals surface area contributed by atoms with E-state index >= 15 is 0 Å². The summed E-state index contributed by atoms with van der Waals surface area (Å²) in [5, 5.41) is 9.76. The highest BCUT2D eigenvalue weighted by molar-refractivity contribution is 6.02. The zero-order valence-electron chi connectivity index (χ0n) is 15.9. The van der Waals surface area contributed by atoms with Crippen LogP contribution in [-0.4, -0.2) is 20.7 Å². The van der Waals surface area contributed by atoms with E-state index in [4.69, 9.17) is 0 Å². The van der Waals surface area contributed by atoms with Crippen molar-refractivity contribution in [2.75, 3.05) is 5.32 Å². The predicted molar refractivity (Wildman–Crippen MR) is 111 cm³/mol. The van der Waals surface area contributed by atoms with Gasteiger partial charge >= 0.3 is 0 Å². The summed E-state index contributed by atoms with van der Waals surface area (Å²) in [4.78, 5) is 28.6. The zero-order chi connectivity index (χ0) is 19.7. The number of carbonyl (C=O) groups excluding carboxylic acids is 1. The van der Waals surface area contributed by atoms with Gasteiger partial charge in [-0.15, -0.1) is 0 Å². The molecule has 0 fully saturated rings. The second-order valence-electron chi connectivity index (χ2n) is 7.34. The van der Waals surface area contributed by atoms with Gasteiger partial charge in [0.15, 0.2) is 0 Å². The summed E-state index contributed by atoms with van der Waals surface area (Å²) >= 11 is 0. The van der Waals surface area contributed by atoms with Gasteiger partial charge in [-0.2, -0.15) is 5.10 Å². The maximum Gasteiger partial charge on any atom is 0.274 e. The molecule has 0 aliphatic rings. The number of anilines is 1. The molecule has 2 aromatic heterocycles. The van der Waals surface area contributed by atoms with E-state index in [1.54, 1.807) is 6.07 Å². The molecule has 1 amide bonds. The van der Waals surface area contributed by atoms with Crippen LogP contribution in [0.15, 0.2) is 59.5 Å². The summed E-state index contributed by atoms with van der Waals surface area (Å²) < 4.78 is 1.47. The van der Waals surface area contributed by atoms with Crippen LogP contribution in [0.4, 0.5) is 5.69 Å². The normalized spacial score (nSPS) is 11.4. The number of benzene rings is 2. The third kappa shape index (κ3) is 3.41. The zero-order valence-corrected chi connectivity index (χ0v) is 15.9. The minimum Gasteiger partial charge on any atom is -0.361 e. The lowest BCUT2D eigenvalue weighted by molar-refractivity contribution is -0.115. The number of aromatic nitrogens is 3. The first kappa shape index (κ1) is 18.0. The molecule has 0 saturated carbocycles. The van der Waals surface area contributed by atoms with Crippen molar-refractivity contribution in [1.82, 2.24) is 14.8 Å². The molecule has 6 nitrogen and oxygen atoms in total. The van der Waals surface area contributed by atoms with Crippen molar-refractivity contribution >= 4 is 33.3 Å². The van der Waals surface area contributed by atoms with Gasteiger partial charge in [0.05, 0.1) is 23.2 Å². The van der Waals surface area contributed by atoms with Gasteiger partial charge in [-0.3, -0.25) is 9.59 Å². The molecule has 0 unspecified atom stereocenters. The van der Waals surface area contributed by atoms with Crippen molar-refractivity contribution in [3.05, 3.63) is 70.8 Å². The van der Waals surface area contributed by atoms with E-state index in [1.807, 2.05) is 62.5 Å². The maximum atomic E-state index is 12.8. The topological polar surface area (TPSA) is 79.8 Å². The van der Waals surface area contributed by atoms with Crippen molar-refractivity contribution in [2.45, 2.75) is 26.8 Å². The maximum absolute atomic E-state index is 12.8. The van der Waals surface area contributed by atoms with Crippen molar-refractivity contribution in [1.29, 1.82) is 0 Å². The highest BCUT2D eigenvalue weighted by atomic mass is 16.1. The number of fused-ring (bicyclic) bond motifs is 2. The second-order valence-corrected chi connectivity index (χ2v) is 7.34. The molecule has 0 spiro atoms. The standard InChI is InChI=1S/C22H22N4O2/c1-14(2)13-26-22(28)16-7-4-3-6-15(16)20(25-26)12-21(27)24-19-9-5-8-18-17(19)10-11-23-18/h3-11,14,23H,12-13H2,1-2H3,(H,24,27). The molecule has 0 aliphatic carbocycles. The Hall–Kier alpha value is -3.41. The van der Waals surface area contributed by atoms with E-state index < -0.39 is 0 Å². The molecule has 2 heterocycles. The van der Waals surface area contributed by atoms with Crippen LogP contribution in [0.25, 0.3) is 21.7 Å². The van der Waals surface area contributed by atoms with E-state index in [-0.39, 0.29) is 23.8 Å². The van der Waals surface area contributed by atoms with Crippen molar-refractivity contribution in [3.8, 4) is 0 Å². The molecule has 28 heavy (non-hydrogen) atoms. The Bertz CT molecular complexity index is 1220. The van der Waals surface area contributed by atoms with Crippen LogP contribution in [-0.2, 0) is 17.8 Å². The third-order valence-electron chi connectivity index (χ3n) is 4.68. The van der Waals surface area contributed by atoms with Crippen LogP contribution in [0.3, 0.4) is 0 Å². The van der Waals surface area contributed by atoms with Crippen LogP contribution < -0.4 is 10.9 Å². The van der Waals surface area contributed by atoms with Crippen LogP contribution in [0.5, 0.6) is 0 Å². The molecule has 2 N–H and O–H groups in total. The van der Waals surface area contributed by atoms with Gasteiger partial charge in [-0.1, -0.05) is 38.1 Å². The molecule has 4 rings (SSSR count). The van der Waals surface area contributed by atoms with E-state index in [9.17, 15) is 9.59 Å². The van der Waals surface area contributed by atoms with Crippen molar-refractivity contribution < 1.29 is 4.79 Å². The first-order valence-corrected chi connectivity index (χ1v) is 9.37. The van der Waals surface area contributed by atoms with Crippen LogP contribution in [0.1, 0.15) is 19.5 Å². The quantitative estimate of drug-likeness (QED) is 0.559. The van der Waals surface area contributed by atoms with Gasteiger partial charge in [0.1, 0.15) is 0 Å². The van der Waals surface area contributed by atoms with Crippen LogP contribution >= 0.6 is 0 Å². The lowest BCUT2D eigenvalue weighted by Crippen LogP contribution is -2.28. The smallest absolute Gasteiger partial charge is 0.274 e. The molecule has 0 radical (unpaired) electrons. The Morgan fingerprint density at radius 2 is 1.86 bits per heavy atom. The van der Waals surface area contributed by atoms with Crippen molar-refractivity contribution in [2.24, 2.45) is 5.92 Å². The minimum atomic E-state index is -0.166.